The number of hydrogen-bond donors (Lipinski definition) is 0. The highest BCUT2D eigenvalue weighted by Crippen LogP contribution is 2.27. The first-order chi connectivity index (χ1) is 8.60. The van der Waals surface area contributed by atoms with Crippen LogP contribution in [0.2, 0.25) is 5.02 Å². The molecule has 0 aliphatic carbocycles. The van der Waals surface area contributed by atoms with Crippen LogP contribution < -0.4 is 4.74 Å². The SMILES string of the molecule is Fc1cc(Oc2cc(CCl)c(Cl)cn2)ccc1Br. The molecule has 0 saturated heterocycles. The maximum Gasteiger partial charge on any atom is 0.219 e. The van der Waals surface area contributed by atoms with Gasteiger partial charge in [0.25, 0.3) is 0 Å². The number of rotatable bonds is 3. The van der Waals surface area contributed by atoms with E-state index in [4.69, 9.17) is 27.9 Å². The van der Waals surface area contributed by atoms with Crippen molar-refractivity contribution < 1.29 is 9.13 Å². The first-order valence-corrected chi connectivity index (χ1v) is 6.64. The average Bonchev–Trinajstić information content (AvgIpc) is 2.36. The van der Waals surface area contributed by atoms with E-state index in [0.717, 1.165) is 0 Å². The van der Waals surface area contributed by atoms with Gasteiger partial charge in [-0.3, -0.25) is 0 Å². The largest absolute Gasteiger partial charge is 0.439 e. The Morgan fingerprint density at radius 3 is 2.78 bits per heavy atom. The van der Waals surface area contributed by atoms with Gasteiger partial charge in [-0.2, -0.15) is 0 Å². The third-order valence-electron chi connectivity index (χ3n) is 2.17. The van der Waals surface area contributed by atoms with E-state index in [9.17, 15) is 4.39 Å². The zero-order valence-electron chi connectivity index (χ0n) is 8.96. The third kappa shape index (κ3) is 3.13. The van der Waals surface area contributed by atoms with Crippen LogP contribution in [0.3, 0.4) is 0 Å². The molecular weight excluding hydrogens is 344 g/mol. The first kappa shape index (κ1) is 13.6. The predicted octanol–water partition coefficient (Wildman–Crippen LogP) is 5.17. The second kappa shape index (κ2) is 5.87. The van der Waals surface area contributed by atoms with Crippen LogP contribution in [-0.2, 0) is 5.88 Å². The van der Waals surface area contributed by atoms with E-state index in [1.54, 1.807) is 18.2 Å². The third-order valence-corrected chi connectivity index (χ3v) is 3.44. The molecular formula is C12H7BrCl2FNO. The normalized spacial score (nSPS) is 10.4. The van der Waals surface area contributed by atoms with Crippen LogP contribution in [0.5, 0.6) is 11.6 Å². The summed E-state index contributed by atoms with van der Waals surface area (Å²) >= 11 is 14.7. The Morgan fingerprint density at radius 2 is 2.11 bits per heavy atom. The summed E-state index contributed by atoms with van der Waals surface area (Å²) < 4.78 is 19.1. The number of benzene rings is 1. The van der Waals surface area contributed by atoms with Gasteiger partial charge in [-0.1, -0.05) is 11.6 Å². The molecule has 0 saturated carbocycles. The highest BCUT2D eigenvalue weighted by Gasteiger charge is 2.06. The van der Waals surface area contributed by atoms with Crippen molar-refractivity contribution in [2.75, 3.05) is 0 Å². The maximum atomic E-state index is 13.3. The molecule has 0 aliphatic rings. The minimum Gasteiger partial charge on any atom is -0.439 e. The van der Waals surface area contributed by atoms with Crippen LogP contribution in [0.4, 0.5) is 4.39 Å². The molecule has 0 N–H and O–H groups in total. The van der Waals surface area contributed by atoms with Gasteiger partial charge in [0, 0.05) is 24.2 Å². The summed E-state index contributed by atoms with van der Waals surface area (Å²) in [6.45, 7) is 0. The summed E-state index contributed by atoms with van der Waals surface area (Å²) in [6.07, 6.45) is 1.45. The minimum absolute atomic E-state index is 0.256. The van der Waals surface area contributed by atoms with E-state index in [1.165, 1.54) is 12.3 Å². The Balaban J connectivity index is 2.25. The topological polar surface area (TPSA) is 22.1 Å². The molecule has 0 aliphatic heterocycles. The lowest BCUT2D eigenvalue weighted by molar-refractivity contribution is 0.457. The molecule has 0 radical (unpaired) electrons. The molecule has 18 heavy (non-hydrogen) atoms. The van der Waals surface area contributed by atoms with Gasteiger partial charge in [-0.15, -0.1) is 11.6 Å². The molecule has 0 fully saturated rings. The average molecular weight is 351 g/mol. The van der Waals surface area contributed by atoms with Crippen LogP contribution in [0.15, 0.2) is 34.9 Å². The summed E-state index contributed by atoms with van der Waals surface area (Å²) in [5.74, 6) is 0.522. The van der Waals surface area contributed by atoms with Crippen LogP contribution in [0.1, 0.15) is 5.56 Å². The van der Waals surface area contributed by atoms with Crippen molar-refractivity contribution in [1.29, 1.82) is 0 Å². The fraction of sp³-hybridized carbons (Fsp3) is 0.0833. The second-order valence-corrected chi connectivity index (χ2v) is 4.95. The Labute approximate surface area is 122 Å². The maximum absolute atomic E-state index is 13.3. The van der Waals surface area contributed by atoms with Crippen LogP contribution in [0, 0.1) is 5.82 Å². The lowest BCUT2D eigenvalue weighted by atomic mass is 10.3. The number of alkyl halides is 1. The number of nitrogens with zero attached hydrogens (tertiary/aromatic N) is 1. The second-order valence-electron chi connectivity index (χ2n) is 3.43. The molecule has 94 valence electrons. The zero-order valence-corrected chi connectivity index (χ0v) is 12.1. The molecule has 0 unspecified atom stereocenters. The van der Waals surface area contributed by atoms with Crippen molar-refractivity contribution in [3.8, 4) is 11.6 Å². The zero-order chi connectivity index (χ0) is 13.1. The molecule has 0 bridgehead atoms. The molecule has 0 amide bonds. The molecule has 2 aromatic rings. The summed E-state index contributed by atoms with van der Waals surface area (Å²) in [6, 6.07) is 6.07. The van der Waals surface area contributed by atoms with Crippen LogP contribution >= 0.6 is 39.1 Å². The molecule has 1 aromatic heterocycles. The number of halogens is 4. The quantitative estimate of drug-likeness (QED) is 0.712. The number of ether oxygens (including phenoxy) is 1. The van der Waals surface area contributed by atoms with E-state index >= 15 is 0 Å². The van der Waals surface area contributed by atoms with E-state index in [2.05, 4.69) is 20.9 Å². The highest BCUT2D eigenvalue weighted by molar-refractivity contribution is 9.10. The van der Waals surface area contributed by atoms with Gasteiger partial charge < -0.3 is 4.74 Å². The van der Waals surface area contributed by atoms with Gasteiger partial charge in [0.05, 0.1) is 9.50 Å². The fourth-order valence-corrected chi connectivity index (χ4v) is 1.98. The Kier molecular flexibility index (Phi) is 4.43. The lowest BCUT2D eigenvalue weighted by Gasteiger charge is -2.07. The molecule has 0 atom stereocenters. The van der Waals surface area contributed by atoms with Crippen molar-refractivity contribution in [2.24, 2.45) is 0 Å². The van der Waals surface area contributed by atoms with E-state index < -0.39 is 5.82 Å². The van der Waals surface area contributed by atoms with Crippen molar-refractivity contribution in [3.05, 3.63) is 51.3 Å². The van der Waals surface area contributed by atoms with Crippen molar-refractivity contribution in [3.63, 3.8) is 0 Å². The highest BCUT2D eigenvalue weighted by atomic mass is 79.9. The lowest BCUT2D eigenvalue weighted by Crippen LogP contribution is -1.91. The van der Waals surface area contributed by atoms with Gasteiger partial charge in [-0.05, 0) is 33.6 Å². The fourth-order valence-electron chi connectivity index (χ4n) is 1.28. The first-order valence-electron chi connectivity index (χ1n) is 4.93. The van der Waals surface area contributed by atoms with Crippen LogP contribution in [-0.4, -0.2) is 4.98 Å². The van der Waals surface area contributed by atoms with Crippen molar-refractivity contribution >= 4 is 39.1 Å². The van der Waals surface area contributed by atoms with E-state index in [0.29, 0.717) is 26.7 Å². The molecule has 1 heterocycles. The summed E-state index contributed by atoms with van der Waals surface area (Å²) in [5.41, 5.74) is 0.709. The molecule has 0 spiro atoms. The van der Waals surface area contributed by atoms with Gasteiger partial charge in [0.15, 0.2) is 0 Å². The Bertz CT molecular complexity index is 580. The predicted molar refractivity (Wildman–Crippen MR) is 73.0 cm³/mol. The standard InChI is InChI=1S/C12H7BrCl2FNO/c13-9-2-1-8(4-11(9)16)18-12-3-7(5-14)10(15)6-17-12/h1-4,6H,5H2. The summed E-state index contributed by atoms with van der Waals surface area (Å²) in [7, 11) is 0. The number of pyridine rings is 1. The van der Waals surface area contributed by atoms with Crippen molar-refractivity contribution in [1.82, 2.24) is 4.98 Å². The number of aromatic nitrogens is 1. The molecule has 2 rings (SSSR count). The number of hydrogen-bond acceptors (Lipinski definition) is 2. The van der Waals surface area contributed by atoms with Crippen LogP contribution in [0.25, 0.3) is 0 Å². The van der Waals surface area contributed by atoms with Crippen molar-refractivity contribution in [2.45, 2.75) is 5.88 Å². The summed E-state index contributed by atoms with van der Waals surface area (Å²) in [5, 5.41) is 0.472. The Morgan fingerprint density at radius 1 is 1.33 bits per heavy atom. The summed E-state index contributed by atoms with van der Waals surface area (Å²) in [4.78, 5) is 3.99. The van der Waals surface area contributed by atoms with E-state index in [-0.39, 0.29) is 5.88 Å². The van der Waals surface area contributed by atoms with E-state index in [1.807, 2.05) is 0 Å². The smallest absolute Gasteiger partial charge is 0.219 e. The van der Waals surface area contributed by atoms with Gasteiger partial charge in [0.2, 0.25) is 5.88 Å². The molecule has 1 aromatic carbocycles. The van der Waals surface area contributed by atoms with Gasteiger partial charge in [0.1, 0.15) is 11.6 Å². The molecule has 2 nitrogen and oxygen atoms in total. The van der Waals surface area contributed by atoms with Gasteiger partial charge in [-0.25, -0.2) is 9.37 Å². The monoisotopic (exact) mass is 349 g/mol. The Hall–Kier alpha value is -0.840. The minimum atomic E-state index is -0.404. The molecule has 6 heteroatoms. The van der Waals surface area contributed by atoms with Gasteiger partial charge >= 0.3 is 0 Å².